The molecule has 106 valence electrons. The van der Waals surface area contributed by atoms with Crippen LogP contribution in [0.2, 0.25) is 0 Å². The maximum absolute atomic E-state index is 13.7. The normalized spacial score (nSPS) is 18.1. The molecule has 0 fully saturated rings. The molecule has 1 atom stereocenters. The van der Waals surface area contributed by atoms with Crippen molar-refractivity contribution >= 4 is 5.82 Å². The Morgan fingerprint density at radius 2 is 2.00 bits per heavy atom. The van der Waals surface area contributed by atoms with E-state index in [1.54, 1.807) is 13.8 Å². The molecule has 3 N–H and O–H groups in total. The Morgan fingerprint density at radius 1 is 1.35 bits per heavy atom. The Kier molecular flexibility index (Phi) is 3.01. The number of rotatable bonds is 1. The zero-order valence-electron chi connectivity index (χ0n) is 12.0. The van der Waals surface area contributed by atoms with E-state index in [4.69, 9.17) is 5.73 Å². The van der Waals surface area contributed by atoms with Gasteiger partial charge in [0.15, 0.2) is 0 Å². The van der Waals surface area contributed by atoms with E-state index >= 15 is 0 Å². The van der Waals surface area contributed by atoms with Crippen LogP contribution in [-0.4, -0.2) is 16.1 Å². The lowest BCUT2D eigenvalue weighted by atomic mass is 10.0. The monoisotopic (exact) mass is 274 g/mol. The lowest BCUT2D eigenvalue weighted by molar-refractivity contribution is 0.391. The van der Waals surface area contributed by atoms with Crippen LogP contribution in [0.5, 0.6) is 0 Å². The van der Waals surface area contributed by atoms with Crippen molar-refractivity contribution in [2.75, 3.05) is 12.3 Å². The quantitative estimate of drug-likeness (QED) is 0.840. The lowest BCUT2D eigenvalue weighted by Crippen LogP contribution is -2.33. The SMILES string of the molecule is Cc1cc(-c2nc3n(c2N)C(C)NCC3)cc(C)c1F. The van der Waals surface area contributed by atoms with Crippen molar-refractivity contribution < 1.29 is 4.39 Å². The van der Waals surface area contributed by atoms with Gasteiger partial charge in [-0.2, -0.15) is 0 Å². The molecule has 2 heterocycles. The summed E-state index contributed by atoms with van der Waals surface area (Å²) in [5, 5.41) is 3.36. The summed E-state index contributed by atoms with van der Waals surface area (Å²) in [7, 11) is 0. The van der Waals surface area contributed by atoms with Crippen molar-refractivity contribution in [3.8, 4) is 11.3 Å². The van der Waals surface area contributed by atoms with E-state index in [1.807, 2.05) is 16.7 Å². The van der Waals surface area contributed by atoms with Gasteiger partial charge >= 0.3 is 0 Å². The minimum absolute atomic E-state index is 0.141. The number of halogens is 1. The number of aryl methyl sites for hydroxylation is 2. The van der Waals surface area contributed by atoms with Crippen LogP contribution in [0.4, 0.5) is 10.2 Å². The molecule has 1 aromatic carbocycles. The minimum atomic E-state index is -0.161. The first-order valence-electron chi connectivity index (χ1n) is 6.86. The number of fused-ring (bicyclic) bond motifs is 1. The van der Waals surface area contributed by atoms with Gasteiger partial charge in [-0.25, -0.2) is 9.37 Å². The van der Waals surface area contributed by atoms with Gasteiger partial charge in [0.05, 0.1) is 6.17 Å². The zero-order valence-corrected chi connectivity index (χ0v) is 12.0. The van der Waals surface area contributed by atoms with Crippen LogP contribution in [-0.2, 0) is 6.42 Å². The van der Waals surface area contributed by atoms with Gasteiger partial charge in [-0.15, -0.1) is 0 Å². The Morgan fingerprint density at radius 3 is 2.60 bits per heavy atom. The fraction of sp³-hybridized carbons (Fsp3) is 0.400. The van der Waals surface area contributed by atoms with Crippen molar-refractivity contribution in [1.29, 1.82) is 0 Å². The van der Waals surface area contributed by atoms with Crippen LogP contribution >= 0.6 is 0 Å². The van der Waals surface area contributed by atoms with E-state index in [0.29, 0.717) is 16.9 Å². The summed E-state index contributed by atoms with van der Waals surface area (Å²) in [6.45, 7) is 6.49. The molecule has 0 spiro atoms. The number of nitrogens with one attached hydrogen (secondary N) is 1. The van der Waals surface area contributed by atoms with Crippen molar-refractivity contribution in [2.24, 2.45) is 0 Å². The highest BCUT2D eigenvalue weighted by Crippen LogP contribution is 2.32. The summed E-state index contributed by atoms with van der Waals surface area (Å²) in [4.78, 5) is 4.66. The summed E-state index contributed by atoms with van der Waals surface area (Å²) >= 11 is 0. The first-order valence-corrected chi connectivity index (χ1v) is 6.86. The molecule has 4 nitrogen and oxygen atoms in total. The van der Waals surface area contributed by atoms with Crippen LogP contribution in [0.25, 0.3) is 11.3 Å². The molecule has 2 aromatic rings. The standard InChI is InChI=1S/C15H19FN4/c1-8-6-11(7-9(2)13(8)16)14-15(17)20-10(3)18-5-4-12(20)19-14/h6-7,10,18H,4-5,17H2,1-3H3. The predicted octanol–water partition coefficient (Wildman–Crippen LogP) is 2.55. The highest BCUT2D eigenvalue weighted by atomic mass is 19.1. The van der Waals surface area contributed by atoms with Gasteiger partial charge in [-0.3, -0.25) is 9.88 Å². The second-order valence-electron chi connectivity index (χ2n) is 5.44. The number of hydrogen-bond donors (Lipinski definition) is 2. The summed E-state index contributed by atoms with van der Waals surface area (Å²) in [6.07, 6.45) is 0.996. The second-order valence-corrected chi connectivity index (χ2v) is 5.44. The van der Waals surface area contributed by atoms with E-state index < -0.39 is 0 Å². The van der Waals surface area contributed by atoms with Gasteiger partial charge in [-0.1, -0.05) is 0 Å². The molecule has 1 unspecified atom stereocenters. The molecule has 0 saturated carbocycles. The predicted molar refractivity (Wildman–Crippen MR) is 77.9 cm³/mol. The molecular formula is C15H19FN4. The Hall–Kier alpha value is -1.88. The van der Waals surface area contributed by atoms with Crippen LogP contribution in [0.1, 0.15) is 30.0 Å². The topological polar surface area (TPSA) is 55.9 Å². The Balaban J connectivity index is 2.16. The lowest BCUT2D eigenvalue weighted by Gasteiger charge is -2.24. The molecule has 0 radical (unpaired) electrons. The van der Waals surface area contributed by atoms with Gasteiger partial charge < -0.3 is 5.73 Å². The van der Waals surface area contributed by atoms with Crippen molar-refractivity contribution in [3.05, 3.63) is 34.9 Å². The maximum atomic E-state index is 13.7. The molecule has 0 aliphatic carbocycles. The second kappa shape index (κ2) is 4.59. The average molecular weight is 274 g/mol. The number of anilines is 1. The maximum Gasteiger partial charge on any atom is 0.133 e. The molecular weight excluding hydrogens is 255 g/mol. The third kappa shape index (κ3) is 1.89. The van der Waals surface area contributed by atoms with Gasteiger partial charge in [0.2, 0.25) is 0 Å². The number of imidazole rings is 1. The van der Waals surface area contributed by atoms with Crippen molar-refractivity contribution in [2.45, 2.75) is 33.4 Å². The van der Waals surface area contributed by atoms with Crippen LogP contribution in [0.15, 0.2) is 12.1 Å². The fourth-order valence-corrected chi connectivity index (χ4v) is 2.88. The highest BCUT2D eigenvalue weighted by molar-refractivity contribution is 5.72. The largest absolute Gasteiger partial charge is 0.383 e. The number of nitrogens with zero attached hydrogens (tertiary/aromatic N) is 2. The van der Waals surface area contributed by atoms with Gasteiger partial charge in [0, 0.05) is 18.5 Å². The first-order chi connectivity index (χ1) is 9.49. The van der Waals surface area contributed by atoms with Crippen molar-refractivity contribution in [3.63, 3.8) is 0 Å². The minimum Gasteiger partial charge on any atom is -0.383 e. The third-order valence-electron chi connectivity index (χ3n) is 3.91. The van der Waals surface area contributed by atoms with Gasteiger partial charge in [0.1, 0.15) is 23.2 Å². The number of hydrogen-bond acceptors (Lipinski definition) is 3. The molecule has 5 heteroatoms. The molecule has 1 aliphatic heterocycles. The smallest absolute Gasteiger partial charge is 0.133 e. The molecule has 3 rings (SSSR count). The van der Waals surface area contributed by atoms with Crippen LogP contribution < -0.4 is 11.1 Å². The molecule has 0 amide bonds. The number of nitrogens with two attached hydrogens (primary N) is 1. The van der Waals surface area contributed by atoms with Gasteiger partial charge in [0.25, 0.3) is 0 Å². The molecule has 20 heavy (non-hydrogen) atoms. The Labute approximate surface area is 117 Å². The highest BCUT2D eigenvalue weighted by Gasteiger charge is 2.23. The summed E-state index contributed by atoms with van der Waals surface area (Å²) in [6, 6.07) is 3.62. The van der Waals surface area contributed by atoms with Crippen molar-refractivity contribution in [1.82, 2.24) is 14.9 Å². The summed E-state index contributed by atoms with van der Waals surface area (Å²) in [5.41, 5.74) is 9.13. The van der Waals surface area contributed by atoms with E-state index in [-0.39, 0.29) is 12.0 Å². The number of aromatic nitrogens is 2. The molecule has 0 saturated heterocycles. The molecule has 1 aromatic heterocycles. The molecule has 0 bridgehead atoms. The number of nitrogen functional groups attached to an aromatic ring is 1. The molecule has 1 aliphatic rings. The summed E-state index contributed by atoms with van der Waals surface area (Å²) < 4.78 is 15.8. The van der Waals surface area contributed by atoms with E-state index in [1.165, 1.54) is 0 Å². The van der Waals surface area contributed by atoms with Crippen LogP contribution in [0, 0.1) is 19.7 Å². The Bertz CT molecular complexity index is 652. The zero-order chi connectivity index (χ0) is 14.4. The van der Waals surface area contributed by atoms with E-state index in [2.05, 4.69) is 17.2 Å². The van der Waals surface area contributed by atoms with E-state index in [0.717, 1.165) is 30.0 Å². The first kappa shape index (κ1) is 13.1. The summed E-state index contributed by atoms with van der Waals surface area (Å²) in [5.74, 6) is 1.47. The fourth-order valence-electron chi connectivity index (χ4n) is 2.88. The van der Waals surface area contributed by atoms with Gasteiger partial charge in [-0.05, 0) is 44.0 Å². The van der Waals surface area contributed by atoms with E-state index in [9.17, 15) is 4.39 Å². The third-order valence-corrected chi connectivity index (χ3v) is 3.91. The number of benzene rings is 1. The van der Waals surface area contributed by atoms with Crippen LogP contribution in [0.3, 0.4) is 0 Å². The average Bonchev–Trinajstić information content (AvgIpc) is 2.74.